The zero-order valence-electron chi connectivity index (χ0n) is 14.4. The van der Waals surface area contributed by atoms with Crippen molar-refractivity contribution in [2.75, 3.05) is 19.0 Å². The van der Waals surface area contributed by atoms with Gasteiger partial charge in [-0.3, -0.25) is 0 Å². The molecular weight excluding hydrogens is 403 g/mol. The lowest BCUT2D eigenvalue weighted by Crippen LogP contribution is -2.02. The second kappa shape index (κ2) is 8.27. The maximum atomic E-state index is 13.7. The van der Waals surface area contributed by atoms with Gasteiger partial charge in [0, 0.05) is 11.8 Å². The van der Waals surface area contributed by atoms with E-state index in [0.29, 0.717) is 45.0 Å². The fourth-order valence-corrected chi connectivity index (χ4v) is 2.64. The molecule has 1 aromatic heterocycles. The summed E-state index contributed by atoms with van der Waals surface area (Å²) in [5.41, 5.74) is 1.15. The predicted octanol–water partition coefficient (Wildman–Crippen LogP) is 4.86. The zero-order chi connectivity index (χ0) is 18.5. The molecule has 0 bridgehead atoms. The summed E-state index contributed by atoms with van der Waals surface area (Å²) >= 11 is 3.14. The summed E-state index contributed by atoms with van der Waals surface area (Å²) < 4.78 is 25.3. The van der Waals surface area contributed by atoms with Crippen LogP contribution in [0, 0.1) is 5.82 Å². The average molecular weight is 421 g/mol. The summed E-state index contributed by atoms with van der Waals surface area (Å²) in [4.78, 5) is 0. The van der Waals surface area contributed by atoms with Crippen molar-refractivity contribution in [2.24, 2.45) is 0 Å². The predicted molar refractivity (Wildman–Crippen MR) is 102 cm³/mol. The van der Waals surface area contributed by atoms with Gasteiger partial charge in [-0.25, -0.2) is 4.39 Å². The Balaban J connectivity index is 1.97. The number of aromatic nitrogens is 3. The van der Waals surface area contributed by atoms with Gasteiger partial charge in [0.2, 0.25) is 0 Å². The molecule has 0 spiro atoms. The van der Waals surface area contributed by atoms with E-state index in [-0.39, 0.29) is 5.82 Å². The van der Waals surface area contributed by atoms with Gasteiger partial charge in [-0.05, 0) is 51.8 Å². The van der Waals surface area contributed by atoms with Crippen LogP contribution >= 0.6 is 15.9 Å². The number of unbranched alkanes of at least 4 members (excludes halogenated alkanes) is 1. The number of rotatable bonds is 7. The van der Waals surface area contributed by atoms with Crippen molar-refractivity contribution in [3.8, 4) is 11.5 Å². The van der Waals surface area contributed by atoms with E-state index in [1.807, 2.05) is 0 Å². The first-order valence-electron chi connectivity index (χ1n) is 8.18. The minimum absolute atomic E-state index is 0.370. The standard InChI is InChI=1S/C18H18BrFN4O2/c1-3-4-7-26-17-10-15-12(9-16(17)25-2)18(23-24-22-15)21-11-5-6-13(19)14(20)8-11/h5-6,8-10H,3-4,7H2,1-2H3,(H,21,22,23). The number of fused-ring (bicyclic) bond motifs is 1. The minimum Gasteiger partial charge on any atom is -0.493 e. The van der Waals surface area contributed by atoms with Crippen LogP contribution in [0.5, 0.6) is 11.5 Å². The van der Waals surface area contributed by atoms with Gasteiger partial charge in [0.05, 0.1) is 23.6 Å². The quantitative estimate of drug-likeness (QED) is 0.550. The molecule has 6 nitrogen and oxygen atoms in total. The molecule has 0 aliphatic rings. The van der Waals surface area contributed by atoms with E-state index in [2.05, 4.69) is 43.6 Å². The van der Waals surface area contributed by atoms with E-state index in [4.69, 9.17) is 9.47 Å². The monoisotopic (exact) mass is 420 g/mol. The third-order valence-electron chi connectivity index (χ3n) is 3.77. The Morgan fingerprint density at radius 2 is 2.00 bits per heavy atom. The first-order valence-corrected chi connectivity index (χ1v) is 8.97. The van der Waals surface area contributed by atoms with Gasteiger partial charge in [0.15, 0.2) is 17.3 Å². The van der Waals surface area contributed by atoms with Crippen LogP contribution in [0.2, 0.25) is 0 Å². The third kappa shape index (κ3) is 4.01. The highest BCUT2D eigenvalue weighted by Gasteiger charge is 2.13. The van der Waals surface area contributed by atoms with Crippen LogP contribution in [0.15, 0.2) is 34.8 Å². The summed E-state index contributed by atoms with van der Waals surface area (Å²) in [6.45, 7) is 2.70. The topological polar surface area (TPSA) is 69.2 Å². The number of anilines is 2. The van der Waals surface area contributed by atoms with Crippen LogP contribution in [-0.4, -0.2) is 29.1 Å². The average Bonchev–Trinajstić information content (AvgIpc) is 2.64. The van der Waals surface area contributed by atoms with E-state index in [9.17, 15) is 4.39 Å². The highest BCUT2D eigenvalue weighted by Crippen LogP contribution is 2.34. The van der Waals surface area contributed by atoms with E-state index < -0.39 is 0 Å². The van der Waals surface area contributed by atoms with Gasteiger partial charge in [-0.15, -0.1) is 10.2 Å². The third-order valence-corrected chi connectivity index (χ3v) is 4.42. The second-order valence-corrected chi connectivity index (χ2v) is 6.47. The fourth-order valence-electron chi connectivity index (χ4n) is 2.39. The SMILES string of the molecule is CCCCOc1cc2nnnc(Nc3ccc(Br)c(F)c3)c2cc1OC. The molecule has 2 aromatic carbocycles. The van der Waals surface area contributed by atoms with Gasteiger partial charge in [-0.2, -0.15) is 0 Å². The van der Waals surface area contributed by atoms with Gasteiger partial charge in [-0.1, -0.05) is 13.3 Å². The highest BCUT2D eigenvalue weighted by molar-refractivity contribution is 9.10. The molecule has 8 heteroatoms. The van der Waals surface area contributed by atoms with Crippen LogP contribution in [0.3, 0.4) is 0 Å². The van der Waals surface area contributed by atoms with Crippen LogP contribution < -0.4 is 14.8 Å². The number of halogens is 2. The van der Waals surface area contributed by atoms with Crippen molar-refractivity contribution in [1.82, 2.24) is 15.4 Å². The van der Waals surface area contributed by atoms with Gasteiger partial charge in [0.1, 0.15) is 11.3 Å². The summed E-state index contributed by atoms with van der Waals surface area (Å²) in [5.74, 6) is 1.27. The Morgan fingerprint density at radius 1 is 1.15 bits per heavy atom. The van der Waals surface area contributed by atoms with Crippen LogP contribution in [0.25, 0.3) is 10.9 Å². The van der Waals surface area contributed by atoms with Crippen molar-refractivity contribution in [2.45, 2.75) is 19.8 Å². The molecular formula is C18H18BrFN4O2. The number of benzene rings is 2. The Kier molecular flexibility index (Phi) is 5.82. The Hall–Kier alpha value is -2.48. The fraction of sp³-hybridized carbons (Fsp3) is 0.278. The second-order valence-electron chi connectivity index (χ2n) is 5.61. The largest absolute Gasteiger partial charge is 0.493 e. The molecule has 1 N–H and O–H groups in total. The van der Waals surface area contributed by atoms with Crippen molar-refractivity contribution >= 4 is 38.3 Å². The number of nitrogens with one attached hydrogen (secondary N) is 1. The van der Waals surface area contributed by atoms with Crippen molar-refractivity contribution in [1.29, 1.82) is 0 Å². The summed E-state index contributed by atoms with van der Waals surface area (Å²) in [5, 5.41) is 15.6. The molecule has 3 rings (SSSR count). The Labute approximate surface area is 158 Å². The van der Waals surface area contributed by atoms with Crippen LogP contribution in [0.4, 0.5) is 15.9 Å². The van der Waals surface area contributed by atoms with Crippen LogP contribution in [0.1, 0.15) is 19.8 Å². The van der Waals surface area contributed by atoms with Crippen molar-refractivity contribution < 1.29 is 13.9 Å². The van der Waals surface area contributed by atoms with E-state index >= 15 is 0 Å². The summed E-state index contributed by atoms with van der Waals surface area (Å²) in [6, 6.07) is 8.29. The molecule has 0 aliphatic heterocycles. The molecule has 0 amide bonds. The van der Waals surface area contributed by atoms with Crippen molar-refractivity contribution in [3.63, 3.8) is 0 Å². The number of methoxy groups -OCH3 is 1. The molecule has 0 fully saturated rings. The molecule has 0 saturated carbocycles. The van der Waals surface area contributed by atoms with E-state index in [1.165, 1.54) is 6.07 Å². The highest BCUT2D eigenvalue weighted by atomic mass is 79.9. The Morgan fingerprint density at radius 3 is 2.73 bits per heavy atom. The van der Waals surface area contributed by atoms with E-state index in [0.717, 1.165) is 12.8 Å². The number of hydrogen-bond acceptors (Lipinski definition) is 6. The smallest absolute Gasteiger partial charge is 0.164 e. The first kappa shape index (κ1) is 18.3. The lowest BCUT2D eigenvalue weighted by molar-refractivity contribution is 0.289. The van der Waals surface area contributed by atoms with Crippen LogP contribution in [-0.2, 0) is 0 Å². The molecule has 136 valence electrons. The molecule has 1 heterocycles. The van der Waals surface area contributed by atoms with Crippen molar-refractivity contribution in [3.05, 3.63) is 40.6 Å². The molecule has 26 heavy (non-hydrogen) atoms. The maximum absolute atomic E-state index is 13.7. The molecule has 0 unspecified atom stereocenters. The van der Waals surface area contributed by atoms with Gasteiger partial charge < -0.3 is 14.8 Å². The number of hydrogen-bond donors (Lipinski definition) is 1. The summed E-state index contributed by atoms with van der Waals surface area (Å²) in [6.07, 6.45) is 1.99. The molecule has 0 aliphatic carbocycles. The number of ether oxygens (including phenoxy) is 2. The molecule has 0 saturated heterocycles. The van der Waals surface area contributed by atoms with Gasteiger partial charge in [0.25, 0.3) is 0 Å². The molecule has 0 atom stereocenters. The normalized spacial score (nSPS) is 10.8. The molecule has 0 radical (unpaired) electrons. The molecule has 3 aromatic rings. The lowest BCUT2D eigenvalue weighted by atomic mass is 10.2. The first-order chi connectivity index (χ1) is 12.6. The maximum Gasteiger partial charge on any atom is 0.164 e. The summed E-state index contributed by atoms with van der Waals surface area (Å²) in [7, 11) is 1.58. The van der Waals surface area contributed by atoms with E-state index in [1.54, 1.807) is 31.4 Å². The minimum atomic E-state index is -0.370. The zero-order valence-corrected chi connectivity index (χ0v) is 16.0. The lowest BCUT2D eigenvalue weighted by Gasteiger charge is -2.13. The Bertz CT molecular complexity index is 923. The number of nitrogens with zero attached hydrogens (tertiary/aromatic N) is 3. The van der Waals surface area contributed by atoms with Gasteiger partial charge >= 0.3 is 0 Å².